The molecule has 10 heteroatoms. The van der Waals surface area contributed by atoms with Crippen molar-refractivity contribution < 1.29 is 18.4 Å². The summed E-state index contributed by atoms with van der Waals surface area (Å²) >= 11 is 11.9. The number of hydrogen-bond donors (Lipinski definition) is 2. The quantitative estimate of drug-likeness (QED) is 0.175. The second kappa shape index (κ2) is 15.0. The van der Waals surface area contributed by atoms with E-state index in [0.29, 0.717) is 22.5 Å². The van der Waals surface area contributed by atoms with E-state index in [1.54, 1.807) is 60.7 Å². The largest absolute Gasteiger partial charge is 0.321 e. The van der Waals surface area contributed by atoms with Crippen LogP contribution in [-0.2, 0) is 0 Å². The lowest BCUT2D eigenvalue weighted by molar-refractivity contribution is 0.101. The lowest BCUT2D eigenvalue weighted by atomic mass is 10.0. The van der Waals surface area contributed by atoms with Crippen molar-refractivity contribution in [3.05, 3.63) is 167 Å². The molecule has 2 N–H and O–H groups in total. The Labute approximate surface area is 273 Å². The molecule has 6 nitrogen and oxygen atoms in total. The number of carbonyl (C=O) groups excluding carboxylic acids is 2. The number of halogens is 4. The van der Waals surface area contributed by atoms with Crippen molar-refractivity contribution in [1.29, 1.82) is 0 Å². The van der Waals surface area contributed by atoms with Crippen LogP contribution < -0.4 is 10.6 Å². The molecule has 0 bridgehead atoms. The van der Waals surface area contributed by atoms with Crippen LogP contribution in [0.5, 0.6) is 0 Å². The van der Waals surface area contributed by atoms with E-state index in [4.69, 9.17) is 23.2 Å². The van der Waals surface area contributed by atoms with Crippen molar-refractivity contribution in [3.8, 4) is 22.3 Å². The van der Waals surface area contributed by atoms with Crippen molar-refractivity contribution in [1.82, 2.24) is 9.97 Å². The van der Waals surface area contributed by atoms with Gasteiger partial charge in [-0.15, -0.1) is 0 Å². The summed E-state index contributed by atoms with van der Waals surface area (Å²) in [5.41, 5.74) is 5.01. The van der Waals surface area contributed by atoms with Gasteiger partial charge in [0.05, 0.1) is 11.1 Å². The number of para-hydroxylation sites is 2. The van der Waals surface area contributed by atoms with Gasteiger partial charge < -0.3 is 10.6 Å². The Hall–Kier alpha value is -5.44. The SMILES string of the molecule is O=C(Nc1ccccc1-c1ccc(F)cc1)c1cccnc1Cl.O=C(Nc1ccccc1-c1ccc(F)cc1)c1cccnc1Cl. The maximum Gasteiger partial charge on any atom is 0.258 e. The first kappa shape index (κ1) is 32.0. The van der Waals surface area contributed by atoms with Gasteiger partial charge >= 0.3 is 0 Å². The molecule has 0 fully saturated rings. The molecule has 0 aliphatic heterocycles. The fraction of sp³-hybridized carbons (Fsp3) is 0. The highest BCUT2D eigenvalue weighted by Crippen LogP contribution is 2.30. The summed E-state index contributed by atoms with van der Waals surface area (Å²) in [7, 11) is 0. The predicted molar refractivity (Wildman–Crippen MR) is 178 cm³/mol. The van der Waals surface area contributed by atoms with E-state index in [9.17, 15) is 18.4 Å². The minimum Gasteiger partial charge on any atom is -0.321 e. The normalized spacial score (nSPS) is 10.3. The van der Waals surface area contributed by atoms with Gasteiger partial charge in [0.2, 0.25) is 0 Å². The summed E-state index contributed by atoms with van der Waals surface area (Å²) in [4.78, 5) is 32.5. The summed E-state index contributed by atoms with van der Waals surface area (Å²) in [6.45, 7) is 0. The average molecular weight is 654 g/mol. The lowest BCUT2D eigenvalue weighted by Crippen LogP contribution is -2.13. The fourth-order valence-electron chi connectivity index (χ4n) is 4.44. The van der Waals surface area contributed by atoms with Gasteiger partial charge in [-0.3, -0.25) is 9.59 Å². The average Bonchev–Trinajstić information content (AvgIpc) is 3.07. The van der Waals surface area contributed by atoms with E-state index < -0.39 is 0 Å². The number of benzene rings is 4. The minimum atomic E-state index is -0.349. The van der Waals surface area contributed by atoms with Gasteiger partial charge in [0.25, 0.3) is 11.8 Å². The summed E-state index contributed by atoms with van der Waals surface area (Å²) in [6, 6.07) is 33.3. The number of nitrogens with one attached hydrogen (secondary N) is 2. The Kier molecular flexibility index (Phi) is 10.4. The smallest absolute Gasteiger partial charge is 0.258 e. The van der Waals surface area contributed by atoms with Gasteiger partial charge in [-0.25, -0.2) is 18.7 Å². The maximum absolute atomic E-state index is 13.1. The Balaban J connectivity index is 0.000000181. The summed E-state index contributed by atoms with van der Waals surface area (Å²) in [5, 5.41) is 5.93. The molecule has 2 aromatic heterocycles. The molecule has 0 saturated heterocycles. The second-order valence-corrected chi connectivity index (χ2v) is 10.4. The second-order valence-electron chi connectivity index (χ2n) is 9.70. The van der Waals surface area contributed by atoms with Crippen molar-refractivity contribution in [2.24, 2.45) is 0 Å². The number of pyridine rings is 2. The van der Waals surface area contributed by atoms with Crippen LogP contribution in [0.15, 0.2) is 134 Å². The molecule has 0 aliphatic carbocycles. The van der Waals surface area contributed by atoms with Crippen LogP contribution in [0.2, 0.25) is 10.3 Å². The Bertz CT molecular complexity index is 1840. The summed E-state index contributed by atoms with van der Waals surface area (Å²) in [5.74, 6) is -1.31. The van der Waals surface area contributed by atoms with E-state index in [1.807, 2.05) is 36.4 Å². The molecule has 0 unspecified atom stereocenters. The van der Waals surface area contributed by atoms with Crippen LogP contribution in [0.3, 0.4) is 0 Å². The molecular formula is C36H24Cl2F2N4O2. The van der Waals surface area contributed by atoms with Gasteiger partial charge in [-0.2, -0.15) is 0 Å². The van der Waals surface area contributed by atoms with Gasteiger partial charge in [0.1, 0.15) is 21.9 Å². The third-order valence-electron chi connectivity index (χ3n) is 6.67. The van der Waals surface area contributed by atoms with Crippen LogP contribution in [0, 0.1) is 11.6 Å². The Morgan fingerprint density at radius 2 is 0.870 bits per heavy atom. The number of aromatic nitrogens is 2. The molecule has 46 heavy (non-hydrogen) atoms. The van der Waals surface area contributed by atoms with Crippen molar-refractivity contribution in [3.63, 3.8) is 0 Å². The molecule has 0 saturated carbocycles. The molecule has 2 amide bonds. The minimum absolute atomic E-state index is 0.143. The van der Waals surface area contributed by atoms with Gasteiger partial charge in [0, 0.05) is 34.9 Å². The summed E-state index contributed by atoms with van der Waals surface area (Å²) in [6.07, 6.45) is 3.04. The molecule has 4 aromatic carbocycles. The molecule has 228 valence electrons. The molecule has 6 rings (SSSR count). The van der Waals surface area contributed by atoms with Crippen molar-refractivity contribution in [2.75, 3.05) is 10.6 Å². The molecule has 0 atom stereocenters. The van der Waals surface area contributed by atoms with Crippen molar-refractivity contribution >= 4 is 46.4 Å². The first-order chi connectivity index (χ1) is 22.3. The standard InChI is InChI=1S/2C18H12ClFN2O/c2*19-17-15(5-3-11-21-17)18(23)22-16-6-2-1-4-14(16)12-7-9-13(20)10-8-12/h2*1-11H,(H,22,23). The molecule has 0 spiro atoms. The third kappa shape index (κ3) is 7.98. The van der Waals surface area contributed by atoms with Crippen LogP contribution >= 0.6 is 23.2 Å². The molecule has 2 heterocycles. The molecule has 6 aromatic rings. The third-order valence-corrected chi connectivity index (χ3v) is 7.27. The topological polar surface area (TPSA) is 84.0 Å². The fourth-order valence-corrected chi connectivity index (χ4v) is 4.85. The van der Waals surface area contributed by atoms with Crippen LogP contribution in [0.4, 0.5) is 20.2 Å². The summed E-state index contributed by atoms with van der Waals surface area (Å²) < 4.78 is 26.2. The molecule has 0 radical (unpaired) electrons. The Morgan fingerprint density at radius 3 is 1.24 bits per heavy atom. The predicted octanol–water partition coefficient (Wildman–Crippen LogP) is 9.59. The Morgan fingerprint density at radius 1 is 0.500 bits per heavy atom. The monoisotopic (exact) mass is 652 g/mol. The number of carbonyl (C=O) groups is 2. The highest BCUT2D eigenvalue weighted by Gasteiger charge is 2.15. The highest BCUT2D eigenvalue weighted by atomic mass is 35.5. The van der Waals surface area contributed by atoms with E-state index in [0.717, 1.165) is 22.3 Å². The van der Waals surface area contributed by atoms with Gasteiger partial charge in [0.15, 0.2) is 0 Å². The van der Waals surface area contributed by atoms with Gasteiger partial charge in [-0.1, -0.05) is 83.9 Å². The zero-order valence-corrected chi connectivity index (χ0v) is 25.4. The van der Waals surface area contributed by atoms with Crippen LogP contribution in [0.25, 0.3) is 22.3 Å². The molecular weight excluding hydrogens is 629 g/mol. The number of nitrogens with zero attached hydrogens (tertiary/aromatic N) is 2. The van der Waals surface area contributed by atoms with E-state index in [2.05, 4.69) is 20.6 Å². The first-order valence-corrected chi connectivity index (χ1v) is 14.6. The van der Waals surface area contributed by atoms with Crippen LogP contribution in [-0.4, -0.2) is 21.8 Å². The first-order valence-electron chi connectivity index (χ1n) is 13.8. The van der Waals surface area contributed by atoms with E-state index in [-0.39, 0.29) is 33.8 Å². The van der Waals surface area contributed by atoms with Crippen molar-refractivity contribution in [2.45, 2.75) is 0 Å². The van der Waals surface area contributed by atoms with Gasteiger partial charge in [-0.05, 0) is 71.8 Å². The highest BCUT2D eigenvalue weighted by molar-refractivity contribution is 6.33. The van der Waals surface area contributed by atoms with E-state index in [1.165, 1.54) is 36.7 Å². The lowest BCUT2D eigenvalue weighted by Gasteiger charge is -2.11. The number of rotatable bonds is 6. The zero-order chi connectivity index (χ0) is 32.5. The zero-order valence-electron chi connectivity index (χ0n) is 23.9. The maximum atomic E-state index is 13.1. The number of amides is 2. The van der Waals surface area contributed by atoms with E-state index >= 15 is 0 Å². The number of hydrogen-bond acceptors (Lipinski definition) is 4. The van der Waals surface area contributed by atoms with Crippen LogP contribution in [0.1, 0.15) is 20.7 Å². The molecule has 0 aliphatic rings. The number of anilines is 2.